The van der Waals surface area contributed by atoms with Crippen molar-refractivity contribution in [3.63, 3.8) is 0 Å². The summed E-state index contributed by atoms with van der Waals surface area (Å²) in [5.74, 6) is -2.29. The molecule has 21 heavy (non-hydrogen) atoms. The van der Waals surface area contributed by atoms with Gasteiger partial charge in [-0.05, 0) is 37.3 Å². The van der Waals surface area contributed by atoms with Crippen LogP contribution in [0.4, 0.5) is 14.5 Å². The van der Waals surface area contributed by atoms with Gasteiger partial charge in [0.15, 0.2) is 17.7 Å². The van der Waals surface area contributed by atoms with Crippen LogP contribution in [0, 0.1) is 11.6 Å². The molecule has 0 bridgehead atoms. The van der Waals surface area contributed by atoms with Crippen molar-refractivity contribution in [1.29, 1.82) is 0 Å². The second-order valence-electron chi connectivity index (χ2n) is 4.34. The Kier molecular flexibility index (Phi) is 4.90. The van der Waals surface area contributed by atoms with Crippen molar-refractivity contribution in [1.82, 2.24) is 0 Å². The van der Waals surface area contributed by atoms with Gasteiger partial charge in [0.25, 0.3) is 5.91 Å². The topological polar surface area (TPSA) is 38.3 Å². The molecule has 1 amide bonds. The van der Waals surface area contributed by atoms with Crippen LogP contribution >= 0.6 is 15.9 Å². The molecule has 0 fully saturated rings. The Morgan fingerprint density at radius 3 is 2.62 bits per heavy atom. The predicted molar refractivity (Wildman–Crippen MR) is 79.2 cm³/mol. The molecule has 0 spiro atoms. The number of anilines is 1. The Balaban J connectivity index is 2.00. The van der Waals surface area contributed by atoms with Crippen LogP contribution in [0.25, 0.3) is 0 Å². The molecule has 2 aromatic carbocycles. The van der Waals surface area contributed by atoms with E-state index in [1.54, 1.807) is 18.2 Å². The summed E-state index contributed by atoms with van der Waals surface area (Å²) in [4.78, 5) is 12.0. The number of nitrogens with one attached hydrogen (secondary N) is 1. The van der Waals surface area contributed by atoms with Crippen molar-refractivity contribution in [3.8, 4) is 5.75 Å². The average Bonchev–Trinajstić information content (AvgIpc) is 2.43. The van der Waals surface area contributed by atoms with Crippen molar-refractivity contribution >= 4 is 27.5 Å². The highest BCUT2D eigenvalue weighted by atomic mass is 79.9. The van der Waals surface area contributed by atoms with Crippen LogP contribution in [-0.4, -0.2) is 12.0 Å². The summed E-state index contributed by atoms with van der Waals surface area (Å²) in [6.45, 7) is 1.52. The first-order valence-electron chi connectivity index (χ1n) is 6.14. The SMILES string of the molecule is CC(Oc1ccc(F)c(F)c1)C(=O)Nc1cccc(Br)c1. The summed E-state index contributed by atoms with van der Waals surface area (Å²) in [5.41, 5.74) is 0.607. The minimum atomic E-state index is -1.02. The Hall–Kier alpha value is -1.95. The average molecular weight is 356 g/mol. The molecule has 0 aliphatic heterocycles. The van der Waals surface area contributed by atoms with Gasteiger partial charge < -0.3 is 10.1 Å². The van der Waals surface area contributed by atoms with Crippen molar-refractivity contribution in [2.45, 2.75) is 13.0 Å². The first kappa shape index (κ1) is 15.4. The molecule has 3 nitrogen and oxygen atoms in total. The summed E-state index contributed by atoms with van der Waals surface area (Å²) in [6, 6.07) is 10.2. The molecular weight excluding hydrogens is 344 g/mol. The van der Waals surface area contributed by atoms with E-state index in [-0.39, 0.29) is 5.75 Å². The highest BCUT2D eigenvalue weighted by molar-refractivity contribution is 9.10. The van der Waals surface area contributed by atoms with Gasteiger partial charge in [-0.2, -0.15) is 0 Å². The van der Waals surface area contributed by atoms with E-state index in [0.29, 0.717) is 5.69 Å². The first-order valence-corrected chi connectivity index (χ1v) is 6.93. The van der Waals surface area contributed by atoms with Gasteiger partial charge in [0.2, 0.25) is 0 Å². The number of amides is 1. The molecule has 1 atom stereocenters. The molecule has 6 heteroatoms. The molecule has 110 valence electrons. The fourth-order valence-corrected chi connectivity index (χ4v) is 2.02. The lowest BCUT2D eigenvalue weighted by atomic mass is 10.3. The van der Waals surface area contributed by atoms with E-state index < -0.39 is 23.6 Å². The van der Waals surface area contributed by atoms with Crippen LogP contribution in [0.3, 0.4) is 0 Å². The molecule has 0 aliphatic carbocycles. The van der Waals surface area contributed by atoms with E-state index >= 15 is 0 Å². The maximum absolute atomic E-state index is 13.1. The van der Waals surface area contributed by atoms with E-state index in [9.17, 15) is 13.6 Å². The first-order chi connectivity index (χ1) is 9.95. The number of carbonyl (C=O) groups excluding carboxylic acids is 1. The second-order valence-corrected chi connectivity index (χ2v) is 5.25. The van der Waals surface area contributed by atoms with Crippen LogP contribution in [0.1, 0.15) is 6.92 Å². The van der Waals surface area contributed by atoms with Gasteiger partial charge in [0, 0.05) is 16.2 Å². The number of rotatable bonds is 4. The Morgan fingerprint density at radius 1 is 1.19 bits per heavy atom. The van der Waals surface area contributed by atoms with E-state index in [1.165, 1.54) is 13.0 Å². The Morgan fingerprint density at radius 2 is 1.95 bits per heavy atom. The number of benzene rings is 2. The lowest BCUT2D eigenvalue weighted by molar-refractivity contribution is -0.122. The molecular formula is C15H12BrF2NO2. The third kappa shape index (κ3) is 4.26. The van der Waals surface area contributed by atoms with E-state index in [2.05, 4.69) is 21.2 Å². The van der Waals surface area contributed by atoms with Crippen molar-refractivity contribution in [2.75, 3.05) is 5.32 Å². The number of halogens is 3. The second kappa shape index (κ2) is 6.67. The standard InChI is InChI=1S/C15H12BrF2NO2/c1-9(21-12-5-6-13(17)14(18)8-12)15(20)19-11-4-2-3-10(16)7-11/h2-9H,1H3,(H,19,20). The zero-order valence-electron chi connectivity index (χ0n) is 11.1. The van der Waals surface area contributed by atoms with Gasteiger partial charge in [-0.25, -0.2) is 8.78 Å². The number of hydrogen-bond acceptors (Lipinski definition) is 2. The number of hydrogen-bond donors (Lipinski definition) is 1. The summed E-state index contributed by atoms with van der Waals surface area (Å²) >= 11 is 3.30. The van der Waals surface area contributed by atoms with Gasteiger partial charge in [0.1, 0.15) is 5.75 Å². The molecule has 1 unspecified atom stereocenters. The molecule has 0 radical (unpaired) electrons. The molecule has 0 saturated carbocycles. The normalized spacial score (nSPS) is 11.8. The lowest BCUT2D eigenvalue weighted by Gasteiger charge is -2.15. The maximum Gasteiger partial charge on any atom is 0.265 e. The summed E-state index contributed by atoms with van der Waals surface area (Å²) in [6.07, 6.45) is -0.853. The number of ether oxygens (including phenoxy) is 1. The fourth-order valence-electron chi connectivity index (χ4n) is 1.62. The Bertz CT molecular complexity index is 664. The molecule has 2 aromatic rings. The molecule has 0 heterocycles. The smallest absolute Gasteiger partial charge is 0.265 e. The summed E-state index contributed by atoms with van der Waals surface area (Å²) in [7, 11) is 0. The predicted octanol–water partition coefficient (Wildman–Crippen LogP) is 4.13. The molecule has 0 aromatic heterocycles. The summed E-state index contributed by atoms with van der Waals surface area (Å²) in [5, 5.41) is 2.67. The molecule has 0 saturated heterocycles. The third-order valence-corrected chi connectivity index (χ3v) is 3.16. The fraction of sp³-hybridized carbons (Fsp3) is 0.133. The van der Waals surface area contributed by atoms with E-state index in [1.807, 2.05) is 6.07 Å². The zero-order chi connectivity index (χ0) is 15.4. The molecule has 2 rings (SSSR count). The quantitative estimate of drug-likeness (QED) is 0.895. The van der Waals surface area contributed by atoms with Gasteiger partial charge in [-0.15, -0.1) is 0 Å². The summed E-state index contributed by atoms with van der Waals surface area (Å²) < 4.78 is 32.0. The van der Waals surface area contributed by atoms with E-state index in [0.717, 1.165) is 16.6 Å². The number of carbonyl (C=O) groups is 1. The Labute approximate surface area is 129 Å². The monoisotopic (exact) mass is 355 g/mol. The van der Waals surface area contributed by atoms with Crippen LogP contribution < -0.4 is 10.1 Å². The van der Waals surface area contributed by atoms with E-state index in [4.69, 9.17) is 4.74 Å². The largest absolute Gasteiger partial charge is 0.481 e. The van der Waals surface area contributed by atoms with Gasteiger partial charge in [-0.1, -0.05) is 22.0 Å². The van der Waals surface area contributed by atoms with Crippen molar-refractivity contribution in [3.05, 3.63) is 58.6 Å². The van der Waals surface area contributed by atoms with Gasteiger partial charge in [-0.3, -0.25) is 4.79 Å². The molecule has 0 aliphatic rings. The van der Waals surface area contributed by atoms with Crippen molar-refractivity contribution < 1.29 is 18.3 Å². The minimum Gasteiger partial charge on any atom is -0.481 e. The highest BCUT2D eigenvalue weighted by Crippen LogP contribution is 2.18. The van der Waals surface area contributed by atoms with Crippen LogP contribution in [-0.2, 0) is 4.79 Å². The van der Waals surface area contributed by atoms with Crippen molar-refractivity contribution in [2.24, 2.45) is 0 Å². The van der Waals surface area contributed by atoms with Crippen LogP contribution in [0.15, 0.2) is 46.9 Å². The minimum absolute atomic E-state index is 0.0887. The van der Waals surface area contributed by atoms with Crippen LogP contribution in [0.2, 0.25) is 0 Å². The lowest BCUT2D eigenvalue weighted by Crippen LogP contribution is -2.30. The van der Waals surface area contributed by atoms with Crippen LogP contribution in [0.5, 0.6) is 5.75 Å². The third-order valence-electron chi connectivity index (χ3n) is 2.67. The van der Waals surface area contributed by atoms with Gasteiger partial charge in [0.05, 0.1) is 0 Å². The molecule has 1 N–H and O–H groups in total. The van der Waals surface area contributed by atoms with Gasteiger partial charge >= 0.3 is 0 Å². The maximum atomic E-state index is 13.1. The zero-order valence-corrected chi connectivity index (χ0v) is 12.7. The highest BCUT2D eigenvalue weighted by Gasteiger charge is 2.16.